The van der Waals surface area contributed by atoms with E-state index in [0.29, 0.717) is 30.5 Å². The minimum Gasteiger partial charge on any atom is -0.335 e. The van der Waals surface area contributed by atoms with Crippen LogP contribution >= 0.6 is 11.6 Å². The largest absolute Gasteiger partial charge is 0.335 e. The molecule has 1 atom stereocenters. The first-order valence-electron chi connectivity index (χ1n) is 11.9. The van der Waals surface area contributed by atoms with Gasteiger partial charge < -0.3 is 10.6 Å². The van der Waals surface area contributed by atoms with Gasteiger partial charge in [0.25, 0.3) is 0 Å². The normalized spacial score (nSPS) is 19.6. The van der Waals surface area contributed by atoms with Crippen LogP contribution in [0.5, 0.6) is 0 Å². The average molecular weight is 481 g/mol. The van der Waals surface area contributed by atoms with Gasteiger partial charge in [0.15, 0.2) is 5.65 Å². The maximum atomic E-state index is 12.5. The van der Waals surface area contributed by atoms with Crippen LogP contribution in [0.15, 0.2) is 48.7 Å². The molecule has 9 nitrogen and oxygen atoms in total. The van der Waals surface area contributed by atoms with Gasteiger partial charge in [0.05, 0.1) is 5.69 Å². The predicted octanol–water partition coefficient (Wildman–Crippen LogP) is 4.00. The number of hydrogen-bond donors (Lipinski definition) is 3. The number of amides is 2. The highest BCUT2D eigenvalue weighted by Gasteiger charge is 2.29. The van der Waals surface area contributed by atoms with Crippen molar-refractivity contribution in [3.8, 4) is 0 Å². The fourth-order valence-electron chi connectivity index (χ4n) is 4.49. The van der Waals surface area contributed by atoms with E-state index in [2.05, 4.69) is 25.9 Å². The third-order valence-corrected chi connectivity index (χ3v) is 6.59. The molecular formula is C24H29ClN8O. The summed E-state index contributed by atoms with van der Waals surface area (Å²) in [7, 11) is 0. The maximum Gasteiger partial charge on any atom is 0.320 e. The number of nitrogens with one attached hydrogen (secondary N) is 3. The molecule has 0 radical (unpaired) electrons. The van der Waals surface area contributed by atoms with Crippen molar-refractivity contribution < 1.29 is 4.79 Å². The number of piperazine rings is 1. The summed E-state index contributed by atoms with van der Waals surface area (Å²) in [5.74, 6) is 0.927. The molecule has 2 amide bonds. The van der Waals surface area contributed by atoms with Crippen molar-refractivity contribution in [2.24, 2.45) is 0 Å². The Labute approximate surface area is 203 Å². The molecule has 3 aromatic rings. The predicted molar refractivity (Wildman–Crippen MR) is 134 cm³/mol. The molecule has 1 aliphatic heterocycles. The molecule has 1 saturated carbocycles. The zero-order valence-electron chi connectivity index (χ0n) is 19.0. The van der Waals surface area contributed by atoms with E-state index in [1.807, 2.05) is 46.4 Å². The fraction of sp³-hybridized carbons (Fsp3) is 0.417. The Balaban J connectivity index is 1.41. The van der Waals surface area contributed by atoms with E-state index >= 15 is 0 Å². The highest BCUT2D eigenvalue weighted by molar-refractivity contribution is 6.20. The summed E-state index contributed by atoms with van der Waals surface area (Å²) in [5.41, 5.74) is 1.16. The molecule has 3 N–H and O–H groups in total. The number of carbonyl (C=O) groups is 1. The van der Waals surface area contributed by atoms with Crippen LogP contribution in [0.3, 0.4) is 0 Å². The van der Waals surface area contributed by atoms with Crippen LogP contribution in [0.25, 0.3) is 11.0 Å². The van der Waals surface area contributed by atoms with Gasteiger partial charge in [0.1, 0.15) is 11.3 Å². The summed E-state index contributed by atoms with van der Waals surface area (Å²) >= 11 is 6.65. The Hall–Kier alpha value is -3.01. The quantitative estimate of drug-likeness (QED) is 0.375. The van der Waals surface area contributed by atoms with Crippen LogP contribution < -0.4 is 21.0 Å². The van der Waals surface area contributed by atoms with E-state index in [9.17, 15) is 4.79 Å². The number of nitrogens with zero attached hydrogens (tertiary/aromatic N) is 5. The van der Waals surface area contributed by atoms with Crippen LogP contribution in [0, 0.1) is 0 Å². The molecule has 2 aromatic heterocycles. The zero-order valence-corrected chi connectivity index (χ0v) is 19.7. The summed E-state index contributed by atoms with van der Waals surface area (Å²) < 4.78 is 0. The van der Waals surface area contributed by atoms with Gasteiger partial charge in [-0.05, 0) is 37.1 Å². The number of aromatic nitrogens is 3. The van der Waals surface area contributed by atoms with Crippen LogP contribution in [-0.4, -0.2) is 57.2 Å². The van der Waals surface area contributed by atoms with Crippen LogP contribution in [-0.2, 0) is 0 Å². The van der Waals surface area contributed by atoms with Crippen molar-refractivity contribution >= 4 is 46.1 Å². The van der Waals surface area contributed by atoms with E-state index in [1.54, 1.807) is 12.3 Å². The second-order valence-electron chi connectivity index (χ2n) is 8.66. The molecule has 2 fully saturated rings. The molecule has 1 aliphatic carbocycles. The van der Waals surface area contributed by atoms with Gasteiger partial charge in [-0.1, -0.05) is 37.5 Å². The Kier molecular flexibility index (Phi) is 7.03. The average Bonchev–Trinajstić information content (AvgIpc) is 2.86. The Morgan fingerprint density at radius 3 is 2.71 bits per heavy atom. The first-order chi connectivity index (χ1) is 16.7. The van der Waals surface area contributed by atoms with Crippen LogP contribution in [0.1, 0.15) is 32.1 Å². The summed E-state index contributed by atoms with van der Waals surface area (Å²) in [6.07, 6.45) is 7.36. The van der Waals surface area contributed by atoms with Crippen molar-refractivity contribution in [3.63, 3.8) is 0 Å². The second kappa shape index (κ2) is 10.5. The number of halogens is 1. The lowest BCUT2D eigenvalue weighted by Gasteiger charge is -2.40. The highest BCUT2D eigenvalue weighted by atomic mass is 35.5. The molecule has 2 aliphatic rings. The number of anilines is 3. The smallest absolute Gasteiger partial charge is 0.320 e. The molecule has 178 valence electrons. The van der Waals surface area contributed by atoms with Gasteiger partial charge in [-0.15, -0.1) is 11.6 Å². The standard InChI is InChI=1S/C24H29ClN8O/c25-20-16-26-13-14-32(20)33(19-9-5-2-6-10-19)23-27-15-17-11-12-21(29-22(17)31-23)30-24(34)28-18-7-3-1-4-8-18/h2,5-6,9-12,15,18,20,26H,1,3-4,7-8,13-14,16H2,(H2,27,28,29,30,31,34). The number of para-hydroxylation sites is 1. The molecule has 0 spiro atoms. The SMILES string of the molecule is O=C(Nc1ccc2cnc(N(c3ccccc3)N3CCNCC3Cl)nc2n1)NC1CCCCC1. The van der Waals surface area contributed by atoms with Gasteiger partial charge in [0, 0.05) is 37.3 Å². The zero-order chi connectivity index (χ0) is 23.3. The first-order valence-corrected chi connectivity index (χ1v) is 12.3. The molecule has 0 bridgehead atoms. The summed E-state index contributed by atoms with van der Waals surface area (Å²) in [6.45, 7) is 2.17. The van der Waals surface area contributed by atoms with E-state index in [1.165, 1.54) is 6.42 Å². The first kappa shape index (κ1) is 22.8. The highest BCUT2D eigenvalue weighted by Crippen LogP contribution is 2.28. The van der Waals surface area contributed by atoms with Crippen LogP contribution in [0.4, 0.5) is 22.2 Å². The lowest BCUT2D eigenvalue weighted by molar-refractivity contribution is 0.213. The number of carbonyl (C=O) groups excluding carboxylic acids is 1. The third-order valence-electron chi connectivity index (χ3n) is 6.21. The Bertz CT molecular complexity index is 1120. The fourth-order valence-corrected chi connectivity index (χ4v) is 4.78. The molecule has 10 heteroatoms. The van der Waals surface area contributed by atoms with Crippen molar-refractivity contribution in [3.05, 3.63) is 48.7 Å². The topological polar surface area (TPSA) is 98.3 Å². The molecule has 34 heavy (non-hydrogen) atoms. The summed E-state index contributed by atoms with van der Waals surface area (Å²) in [5, 5.41) is 14.0. The molecular weight excluding hydrogens is 452 g/mol. The number of hydrogen-bond acceptors (Lipinski definition) is 7. The monoisotopic (exact) mass is 480 g/mol. The molecule has 3 heterocycles. The number of urea groups is 1. The van der Waals surface area contributed by atoms with Gasteiger partial charge in [-0.25, -0.2) is 19.8 Å². The van der Waals surface area contributed by atoms with Crippen molar-refractivity contribution in [1.29, 1.82) is 0 Å². The van der Waals surface area contributed by atoms with E-state index in [0.717, 1.165) is 43.3 Å². The van der Waals surface area contributed by atoms with E-state index < -0.39 is 0 Å². The number of benzene rings is 1. The molecule has 1 saturated heterocycles. The third kappa shape index (κ3) is 5.22. The van der Waals surface area contributed by atoms with Crippen molar-refractivity contribution in [2.75, 3.05) is 30.0 Å². The minimum absolute atomic E-state index is 0.227. The number of pyridine rings is 1. The van der Waals surface area contributed by atoms with Gasteiger partial charge in [0.2, 0.25) is 5.95 Å². The summed E-state index contributed by atoms with van der Waals surface area (Å²) in [6, 6.07) is 13.5. The summed E-state index contributed by atoms with van der Waals surface area (Å²) in [4.78, 5) is 26.5. The van der Waals surface area contributed by atoms with E-state index in [-0.39, 0.29) is 17.6 Å². The maximum absolute atomic E-state index is 12.5. The number of rotatable bonds is 5. The lowest BCUT2D eigenvalue weighted by atomic mass is 9.96. The number of hydrazine groups is 1. The molecule has 1 aromatic carbocycles. The van der Waals surface area contributed by atoms with Gasteiger partial charge in [-0.2, -0.15) is 9.99 Å². The Morgan fingerprint density at radius 2 is 1.91 bits per heavy atom. The number of alkyl halides is 1. The van der Waals surface area contributed by atoms with Crippen molar-refractivity contribution in [1.82, 2.24) is 30.6 Å². The minimum atomic E-state index is -0.252. The van der Waals surface area contributed by atoms with Crippen molar-refractivity contribution in [2.45, 2.75) is 43.6 Å². The van der Waals surface area contributed by atoms with Gasteiger partial charge >= 0.3 is 6.03 Å². The molecule has 5 rings (SSSR count). The van der Waals surface area contributed by atoms with E-state index in [4.69, 9.17) is 16.6 Å². The lowest BCUT2D eigenvalue weighted by Crippen LogP contribution is -2.55. The van der Waals surface area contributed by atoms with Crippen LogP contribution in [0.2, 0.25) is 0 Å². The second-order valence-corrected chi connectivity index (χ2v) is 9.17. The Morgan fingerprint density at radius 1 is 1.09 bits per heavy atom. The van der Waals surface area contributed by atoms with Gasteiger partial charge in [-0.3, -0.25) is 5.32 Å². The number of fused-ring (bicyclic) bond motifs is 1. The molecule has 1 unspecified atom stereocenters.